The molecule has 0 radical (unpaired) electrons. The molecule has 0 spiro atoms. The van der Waals surface area contributed by atoms with Gasteiger partial charge < -0.3 is 9.64 Å². The SMILES string of the molecule is c1csc(N2CCO[C@H]3CCCC[C@H]32)c1. The number of hydrogen-bond donors (Lipinski definition) is 0. The molecule has 0 bridgehead atoms. The third kappa shape index (κ3) is 1.79. The average Bonchev–Trinajstić information content (AvgIpc) is 2.82. The van der Waals surface area contributed by atoms with Gasteiger partial charge in [-0.2, -0.15) is 0 Å². The molecule has 2 heterocycles. The monoisotopic (exact) mass is 223 g/mol. The summed E-state index contributed by atoms with van der Waals surface area (Å²) in [6.07, 6.45) is 5.77. The summed E-state index contributed by atoms with van der Waals surface area (Å²) in [5.41, 5.74) is 0. The Kier molecular flexibility index (Phi) is 2.67. The van der Waals surface area contributed by atoms with Gasteiger partial charge in [-0.25, -0.2) is 0 Å². The molecule has 2 fully saturated rings. The summed E-state index contributed by atoms with van der Waals surface area (Å²) in [5.74, 6) is 0. The fraction of sp³-hybridized carbons (Fsp3) is 0.667. The lowest BCUT2D eigenvalue weighted by Crippen LogP contribution is -2.52. The van der Waals surface area contributed by atoms with Crippen molar-refractivity contribution in [3.8, 4) is 0 Å². The van der Waals surface area contributed by atoms with E-state index in [1.807, 2.05) is 11.3 Å². The highest BCUT2D eigenvalue weighted by molar-refractivity contribution is 7.14. The first kappa shape index (κ1) is 9.67. The van der Waals surface area contributed by atoms with Crippen molar-refractivity contribution in [1.29, 1.82) is 0 Å². The second-order valence-electron chi connectivity index (χ2n) is 4.41. The summed E-state index contributed by atoms with van der Waals surface area (Å²) in [4.78, 5) is 2.57. The van der Waals surface area contributed by atoms with Crippen LogP contribution in [0.15, 0.2) is 17.5 Å². The van der Waals surface area contributed by atoms with Crippen molar-refractivity contribution in [3.63, 3.8) is 0 Å². The Bertz CT molecular complexity index is 309. The lowest BCUT2D eigenvalue weighted by atomic mass is 9.90. The molecule has 1 aliphatic carbocycles. The summed E-state index contributed by atoms with van der Waals surface area (Å²) in [5, 5.41) is 3.60. The van der Waals surface area contributed by atoms with E-state index in [9.17, 15) is 0 Å². The maximum absolute atomic E-state index is 5.87. The zero-order valence-corrected chi connectivity index (χ0v) is 9.71. The average molecular weight is 223 g/mol. The van der Waals surface area contributed by atoms with E-state index >= 15 is 0 Å². The van der Waals surface area contributed by atoms with E-state index in [1.165, 1.54) is 30.7 Å². The number of thiophene rings is 1. The molecule has 1 aromatic heterocycles. The molecule has 1 saturated carbocycles. The van der Waals surface area contributed by atoms with E-state index in [2.05, 4.69) is 22.4 Å². The fourth-order valence-electron chi connectivity index (χ4n) is 2.80. The van der Waals surface area contributed by atoms with Gasteiger partial charge in [0.15, 0.2) is 0 Å². The molecule has 1 saturated heterocycles. The zero-order valence-electron chi connectivity index (χ0n) is 8.89. The van der Waals surface area contributed by atoms with Crippen LogP contribution in [0.25, 0.3) is 0 Å². The molecule has 82 valence electrons. The molecule has 2 nitrogen and oxygen atoms in total. The molecular formula is C12H17NOS. The maximum atomic E-state index is 5.87. The standard InChI is InChI=1S/C12H17NOS/c1-2-5-11-10(4-1)13(7-8-14-11)12-6-3-9-15-12/h3,6,9-11H,1-2,4-5,7-8H2/t10-,11+/m1/s1. The fourth-order valence-corrected chi connectivity index (χ4v) is 3.62. The summed E-state index contributed by atoms with van der Waals surface area (Å²) in [6.45, 7) is 1.97. The highest BCUT2D eigenvalue weighted by Crippen LogP contribution is 2.33. The largest absolute Gasteiger partial charge is 0.374 e. The molecule has 0 N–H and O–H groups in total. The minimum Gasteiger partial charge on any atom is -0.374 e. The van der Waals surface area contributed by atoms with E-state index in [1.54, 1.807) is 0 Å². The van der Waals surface area contributed by atoms with Gasteiger partial charge in [-0.3, -0.25) is 0 Å². The molecule has 3 heteroatoms. The van der Waals surface area contributed by atoms with Crippen LogP contribution in [-0.4, -0.2) is 25.3 Å². The van der Waals surface area contributed by atoms with Crippen LogP contribution in [0.2, 0.25) is 0 Å². The van der Waals surface area contributed by atoms with Crippen LogP contribution in [0, 0.1) is 0 Å². The second kappa shape index (κ2) is 4.14. The molecule has 15 heavy (non-hydrogen) atoms. The van der Waals surface area contributed by atoms with Crippen molar-refractivity contribution in [2.75, 3.05) is 18.1 Å². The first-order valence-corrected chi connectivity index (χ1v) is 6.75. The molecule has 0 unspecified atom stereocenters. The van der Waals surface area contributed by atoms with Crippen molar-refractivity contribution < 1.29 is 4.74 Å². The summed E-state index contributed by atoms with van der Waals surface area (Å²) in [7, 11) is 0. The number of hydrogen-bond acceptors (Lipinski definition) is 3. The normalized spacial score (nSPS) is 31.3. The van der Waals surface area contributed by atoms with E-state index in [0.717, 1.165) is 13.2 Å². The Balaban J connectivity index is 1.82. The van der Waals surface area contributed by atoms with Gasteiger partial charge >= 0.3 is 0 Å². The predicted octanol–water partition coefficient (Wildman–Crippen LogP) is 2.90. The Morgan fingerprint density at radius 2 is 2.27 bits per heavy atom. The number of morpholine rings is 1. The topological polar surface area (TPSA) is 12.5 Å². The first-order valence-electron chi connectivity index (χ1n) is 5.87. The lowest BCUT2D eigenvalue weighted by Gasteiger charge is -2.44. The number of ether oxygens (including phenoxy) is 1. The Morgan fingerprint density at radius 1 is 1.33 bits per heavy atom. The second-order valence-corrected chi connectivity index (χ2v) is 5.33. The van der Waals surface area contributed by atoms with Crippen molar-refractivity contribution in [2.24, 2.45) is 0 Å². The third-order valence-electron chi connectivity index (χ3n) is 3.52. The quantitative estimate of drug-likeness (QED) is 0.726. The van der Waals surface area contributed by atoms with Gasteiger partial charge in [0.25, 0.3) is 0 Å². The molecular weight excluding hydrogens is 206 g/mol. The summed E-state index contributed by atoms with van der Waals surface area (Å²) < 4.78 is 5.87. The molecule has 0 amide bonds. The van der Waals surface area contributed by atoms with Crippen LogP contribution >= 0.6 is 11.3 Å². The predicted molar refractivity (Wildman–Crippen MR) is 63.7 cm³/mol. The Morgan fingerprint density at radius 3 is 3.13 bits per heavy atom. The summed E-state index contributed by atoms with van der Waals surface area (Å²) >= 11 is 1.86. The van der Waals surface area contributed by atoms with Gasteiger partial charge in [0.1, 0.15) is 0 Å². The van der Waals surface area contributed by atoms with Crippen molar-refractivity contribution in [3.05, 3.63) is 17.5 Å². The van der Waals surface area contributed by atoms with Crippen molar-refractivity contribution in [1.82, 2.24) is 0 Å². The van der Waals surface area contributed by atoms with Crippen LogP contribution in [0.5, 0.6) is 0 Å². The molecule has 3 rings (SSSR count). The highest BCUT2D eigenvalue weighted by Gasteiger charge is 2.34. The van der Waals surface area contributed by atoms with Gasteiger partial charge in [-0.05, 0) is 30.4 Å². The van der Waals surface area contributed by atoms with Crippen LogP contribution in [-0.2, 0) is 4.74 Å². The highest BCUT2D eigenvalue weighted by atomic mass is 32.1. The third-order valence-corrected chi connectivity index (χ3v) is 4.43. The molecule has 1 aliphatic heterocycles. The first-order chi connectivity index (χ1) is 7.45. The van der Waals surface area contributed by atoms with Crippen LogP contribution in [0.3, 0.4) is 0 Å². The van der Waals surface area contributed by atoms with Crippen molar-refractivity contribution in [2.45, 2.75) is 37.8 Å². The minimum absolute atomic E-state index is 0.495. The minimum atomic E-state index is 0.495. The van der Waals surface area contributed by atoms with Crippen molar-refractivity contribution >= 4 is 16.3 Å². The lowest BCUT2D eigenvalue weighted by molar-refractivity contribution is -0.00840. The van der Waals surface area contributed by atoms with Gasteiger partial charge in [0.05, 0.1) is 23.8 Å². The molecule has 0 aromatic carbocycles. The van der Waals surface area contributed by atoms with E-state index in [0.29, 0.717) is 12.1 Å². The van der Waals surface area contributed by atoms with E-state index in [4.69, 9.17) is 4.74 Å². The van der Waals surface area contributed by atoms with Gasteiger partial charge in [-0.15, -0.1) is 11.3 Å². The Hall–Kier alpha value is -0.540. The maximum Gasteiger partial charge on any atom is 0.0912 e. The number of anilines is 1. The Labute approximate surface area is 94.9 Å². The van der Waals surface area contributed by atoms with Gasteiger partial charge in [-0.1, -0.05) is 12.8 Å². The number of rotatable bonds is 1. The van der Waals surface area contributed by atoms with E-state index in [-0.39, 0.29) is 0 Å². The van der Waals surface area contributed by atoms with Crippen LogP contribution < -0.4 is 4.90 Å². The van der Waals surface area contributed by atoms with Gasteiger partial charge in [0.2, 0.25) is 0 Å². The number of nitrogens with zero attached hydrogens (tertiary/aromatic N) is 1. The van der Waals surface area contributed by atoms with E-state index < -0.39 is 0 Å². The van der Waals surface area contributed by atoms with Gasteiger partial charge in [0, 0.05) is 6.54 Å². The molecule has 2 atom stereocenters. The molecule has 2 aliphatic rings. The number of fused-ring (bicyclic) bond motifs is 1. The molecule has 1 aromatic rings. The smallest absolute Gasteiger partial charge is 0.0912 e. The summed E-state index contributed by atoms with van der Waals surface area (Å²) in [6, 6.07) is 5.03. The van der Waals surface area contributed by atoms with Crippen LogP contribution in [0.4, 0.5) is 5.00 Å². The van der Waals surface area contributed by atoms with Crippen LogP contribution in [0.1, 0.15) is 25.7 Å². The zero-order chi connectivity index (χ0) is 10.1.